The van der Waals surface area contributed by atoms with Gasteiger partial charge in [0.2, 0.25) is 11.8 Å². The molecule has 6 heteroatoms. The summed E-state index contributed by atoms with van der Waals surface area (Å²) in [5.74, 6) is -1.99. The quantitative estimate of drug-likeness (QED) is 0.663. The Hall–Kier alpha value is -3.15. The number of hydrogen-bond donors (Lipinski definition) is 3. The zero-order valence-electron chi connectivity index (χ0n) is 15.4. The van der Waals surface area contributed by atoms with Gasteiger partial charge in [-0.25, -0.2) is 4.79 Å². The number of carboxylic acid groups (broad SMARTS) is 1. The second-order valence-electron chi connectivity index (χ2n) is 6.54. The van der Waals surface area contributed by atoms with Crippen molar-refractivity contribution in [1.29, 1.82) is 0 Å². The molecule has 0 aliphatic rings. The third-order valence-corrected chi connectivity index (χ3v) is 4.11. The molecule has 3 N–H and O–H groups in total. The van der Waals surface area contributed by atoms with E-state index in [9.17, 15) is 19.5 Å². The van der Waals surface area contributed by atoms with Crippen LogP contribution in [0.1, 0.15) is 23.6 Å². The lowest BCUT2D eigenvalue weighted by molar-refractivity contribution is -0.142. The number of amides is 2. The summed E-state index contributed by atoms with van der Waals surface area (Å²) in [6.45, 7) is 3.25. The van der Waals surface area contributed by atoms with Crippen molar-refractivity contribution in [2.45, 2.75) is 38.8 Å². The molecule has 2 aromatic carbocycles. The fraction of sp³-hybridized carbons (Fsp3) is 0.286. The van der Waals surface area contributed by atoms with Crippen LogP contribution >= 0.6 is 0 Å². The molecule has 2 atom stereocenters. The molecule has 0 saturated heterocycles. The first-order valence-electron chi connectivity index (χ1n) is 8.75. The molecule has 6 nitrogen and oxygen atoms in total. The van der Waals surface area contributed by atoms with Crippen molar-refractivity contribution in [2.75, 3.05) is 0 Å². The summed E-state index contributed by atoms with van der Waals surface area (Å²) < 4.78 is 0. The number of rotatable bonds is 8. The summed E-state index contributed by atoms with van der Waals surface area (Å²) in [5.41, 5.74) is 2.71. The Bertz CT molecular complexity index is 805. The lowest BCUT2D eigenvalue weighted by atomic mass is 10.0. The van der Waals surface area contributed by atoms with Crippen molar-refractivity contribution in [1.82, 2.24) is 10.6 Å². The van der Waals surface area contributed by atoms with Gasteiger partial charge in [-0.1, -0.05) is 60.2 Å². The van der Waals surface area contributed by atoms with Gasteiger partial charge in [-0.05, 0) is 18.1 Å². The predicted molar refractivity (Wildman–Crippen MR) is 102 cm³/mol. The molecule has 0 unspecified atom stereocenters. The number of aryl methyl sites for hydroxylation is 1. The summed E-state index contributed by atoms with van der Waals surface area (Å²) in [7, 11) is 0. The summed E-state index contributed by atoms with van der Waals surface area (Å²) in [6.07, 6.45) is 0.448. The van der Waals surface area contributed by atoms with Crippen molar-refractivity contribution in [2.24, 2.45) is 0 Å². The Balaban J connectivity index is 2.11. The lowest BCUT2D eigenvalue weighted by Crippen LogP contribution is -2.52. The van der Waals surface area contributed by atoms with Crippen LogP contribution in [0.25, 0.3) is 0 Å². The van der Waals surface area contributed by atoms with E-state index in [-0.39, 0.29) is 18.7 Å². The molecule has 0 heterocycles. The van der Waals surface area contributed by atoms with Gasteiger partial charge >= 0.3 is 5.97 Å². The zero-order valence-corrected chi connectivity index (χ0v) is 15.4. The van der Waals surface area contributed by atoms with Crippen LogP contribution in [0.3, 0.4) is 0 Å². The van der Waals surface area contributed by atoms with Crippen LogP contribution < -0.4 is 10.6 Å². The summed E-state index contributed by atoms with van der Waals surface area (Å²) in [5, 5.41) is 14.7. The average molecular weight is 368 g/mol. The highest BCUT2D eigenvalue weighted by Gasteiger charge is 2.26. The van der Waals surface area contributed by atoms with E-state index in [4.69, 9.17) is 0 Å². The predicted octanol–water partition coefficient (Wildman–Crippen LogP) is 1.85. The van der Waals surface area contributed by atoms with Crippen molar-refractivity contribution in [3.8, 4) is 0 Å². The number of hydrogen-bond acceptors (Lipinski definition) is 3. The molecular weight excluding hydrogens is 344 g/mol. The lowest BCUT2D eigenvalue weighted by Gasteiger charge is -2.21. The highest BCUT2D eigenvalue weighted by atomic mass is 16.4. The number of nitrogens with one attached hydrogen (secondary N) is 2. The molecule has 142 valence electrons. The van der Waals surface area contributed by atoms with Crippen LogP contribution in [0.15, 0.2) is 54.6 Å². The molecule has 0 aliphatic heterocycles. The summed E-state index contributed by atoms with van der Waals surface area (Å²) in [4.78, 5) is 35.8. The minimum atomic E-state index is -1.12. The van der Waals surface area contributed by atoms with E-state index in [0.717, 1.165) is 16.7 Å². The SMILES string of the molecule is CC(=O)N[C@@H](Cc1ccccc1)C(=O)N[C@H](Cc1cccc(C)c1)C(=O)O. The fourth-order valence-corrected chi connectivity index (χ4v) is 2.85. The first-order valence-corrected chi connectivity index (χ1v) is 8.75. The Morgan fingerprint density at radius 3 is 2.11 bits per heavy atom. The Morgan fingerprint density at radius 1 is 0.889 bits per heavy atom. The molecule has 0 spiro atoms. The largest absolute Gasteiger partial charge is 0.480 e. The van der Waals surface area contributed by atoms with Crippen LogP contribution in [0.2, 0.25) is 0 Å². The molecule has 2 amide bonds. The molecule has 2 rings (SSSR count). The summed E-state index contributed by atoms with van der Waals surface area (Å²) >= 11 is 0. The maximum atomic E-state index is 12.7. The van der Waals surface area contributed by atoms with Crippen LogP contribution in [-0.4, -0.2) is 35.0 Å². The van der Waals surface area contributed by atoms with Gasteiger partial charge in [-0.15, -0.1) is 0 Å². The maximum absolute atomic E-state index is 12.7. The molecule has 0 bridgehead atoms. The van der Waals surface area contributed by atoms with Gasteiger partial charge in [0.05, 0.1) is 0 Å². The first kappa shape index (κ1) is 20.2. The van der Waals surface area contributed by atoms with Crippen molar-refractivity contribution in [3.05, 3.63) is 71.3 Å². The van der Waals surface area contributed by atoms with Crippen molar-refractivity contribution in [3.63, 3.8) is 0 Å². The monoisotopic (exact) mass is 368 g/mol. The second-order valence-corrected chi connectivity index (χ2v) is 6.54. The normalized spacial score (nSPS) is 12.7. The van der Waals surface area contributed by atoms with E-state index in [2.05, 4.69) is 10.6 Å². The van der Waals surface area contributed by atoms with Crippen LogP contribution in [0, 0.1) is 6.92 Å². The van der Waals surface area contributed by atoms with Gasteiger partial charge in [0, 0.05) is 19.8 Å². The average Bonchev–Trinajstić information content (AvgIpc) is 2.61. The van der Waals surface area contributed by atoms with E-state index in [1.165, 1.54) is 6.92 Å². The van der Waals surface area contributed by atoms with E-state index < -0.39 is 24.0 Å². The number of aliphatic carboxylic acids is 1. The Kier molecular flexibility index (Phi) is 7.11. The number of carboxylic acids is 1. The van der Waals surface area contributed by atoms with E-state index in [1.54, 1.807) is 0 Å². The number of benzene rings is 2. The zero-order chi connectivity index (χ0) is 19.8. The standard InChI is InChI=1S/C21H24N2O4/c1-14-7-6-10-17(11-14)13-19(21(26)27)23-20(25)18(22-15(2)24)12-16-8-4-3-5-9-16/h3-11,18-19H,12-13H2,1-2H3,(H,22,24)(H,23,25)(H,26,27)/t18-,19+/m0/s1. The maximum Gasteiger partial charge on any atom is 0.326 e. The van der Waals surface area contributed by atoms with Gasteiger partial charge in [0.25, 0.3) is 0 Å². The van der Waals surface area contributed by atoms with Crippen LogP contribution in [0.4, 0.5) is 0 Å². The van der Waals surface area contributed by atoms with Crippen molar-refractivity contribution < 1.29 is 19.5 Å². The van der Waals surface area contributed by atoms with Gasteiger partial charge in [-0.3, -0.25) is 9.59 Å². The van der Waals surface area contributed by atoms with Gasteiger partial charge < -0.3 is 15.7 Å². The Morgan fingerprint density at radius 2 is 1.52 bits per heavy atom. The van der Waals surface area contributed by atoms with E-state index in [0.29, 0.717) is 0 Å². The minimum absolute atomic E-state index is 0.168. The highest BCUT2D eigenvalue weighted by Crippen LogP contribution is 2.09. The fourth-order valence-electron chi connectivity index (χ4n) is 2.85. The van der Waals surface area contributed by atoms with E-state index in [1.807, 2.05) is 61.5 Å². The smallest absolute Gasteiger partial charge is 0.326 e. The van der Waals surface area contributed by atoms with Gasteiger partial charge in [0.1, 0.15) is 12.1 Å². The highest BCUT2D eigenvalue weighted by molar-refractivity contribution is 5.90. The summed E-state index contributed by atoms with van der Waals surface area (Å²) in [6, 6.07) is 14.8. The molecule has 0 aliphatic carbocycles. The molecule has 27 heavy (non-hydrogen) atoms. The van der Waals surface area contributed by atoms with E-state index >= 15 is 0 Å². The number of carbonyl (C=O) groups is 3. The molecule has 0 saturated carbocycles. The first-order chi connectivity index (χ1) is 12.8. The Labute approximate surface area is 158 Å². The number of carbonyl (C=O) groups excluding carboxylic acids is 2. The molecular formula is C21H24N2O4. The van der Waals surface area contributed by atoms with Crippen LogP contribution in [0.5, 0.6) is 0 Å². The van der Waals surface area contributed by atoms with Crippen molar-refractivity contribution >= 4 is 17.8 Å². The third-order valence-electron chi connectivity index (χ3n) is 4.11. The molecule has 2 aromatic rings. The van der Waals surface area contributed by atoms with Crippen LogP contribution in [-0.2, 0) is 27.2 Å². The second kappa shape index (κ2) is 9.52. The topological polar surface area (TPSA) is 95.5 Å². The van der Waals surface area contributed by atoms with Gasteiger partial charge in [-0.2, -0.15) is 0 Å². The van der Waals surface area contributed by atoms with Gasteiger partial charge in [0.15, 0.2) is 0 Å². The third kappa shape index (κ3) is 6.58. The molecule has 0 aromatic heterocycles. The molecule has 0 fully saturated rings. The minimum Gasteiger partial charge on any atom is -0.480 e. The molecule has 0 radical (unpaired) electrons.